The van der Waals surface area contributed by atoms with Gasteiger partial charge in [0.2, 0.25) is 5.43 Å². The first kappa shape index (κ1) is 26.0. The van der Waals surface area contributed by atoms with Crippen molar-refractivity contribution in [3.05, 3.63) is 63.5 Å². The van der Waals surface area contributed by atoms with Gasteiger partial charge in [0.15, 0.2) is 0 Å². The maximum absolute atomic E-state index is 13.1. The number of nitrogens with one attached hydrogen (secondary N) is 2. The number of pyridine rings is 2. The smallest absolute Gasteiger partial charge is 0.343 e. The number of benzene rings is 1. The normalized spacial score (nSPS) is 10.9. The first-order chi connectivity index (χ1) is 17.9. The van der Waals surface area contributed by atoms with Gasteiger partial charge < -0.3 is 14.6 Å². The van der Waals surface area contributed by atoms with Crippen LogP contribution in [-0.4, -0.2) is 39.7 Å². The van der Waals surface area contributed by atoms with E-state index in [1.807, 2.05) is 48.9 Å². The minimum Gasteiger partial charge on any atom is -0.462 e. The highest BCUT2D eigenvalue weighted by molar-refractivity contribution is 7.13. The Morgan fingerprint density at radius 1 is 1.11 bits per heavy atom. The number of hydrogen-bond donors (Lipinski definition) is 2. The number of anilines is 1. The SMILES string of the molecule is CCNC(=O)Nc1cc(-c2nc(CC)cs2)c(-c2ccc3c(=O)c(C(=O)OCC)cn(CC)c3c2)cn1. The second-order valence-electron chi connectivity index (χ2n) is 8.21. The molecule has 0 aliphatic heterocycles. The quantitative estimate of drug-likeness (QED) is 0.314. The zero-order chi connectivity index (χ0) is 26.5. The lowest BCUT2D eigenvalue weighted by Gasteiger charge is -2.14. The number of ether oxygens (including phenoxy) is 1. The highest BCUT2D eigenvalue weighted by atomic mass is 32.1. The standard InChI is InChI=1S/C27H29N5O4S/c1-5-17-15-37-25(30-17)19-12-23(31-27(35)28-6-2)29-13-20(19)16-9-10-18-22(11-16)32(7-3)14-21(24(18)33)26(34)36-8-4/h9-15H,5-8H2,1-4H3,(H2,28,29,31,35). The molecule has 0 aliphatic carbocycles. The van der Waals surface area contributed by atoms with Crippen molar-refractivity contribution in [1.82, 2.24) is 19.9 Å². The number of carbonyl (C=O) groups is 2. The molecule has 9 nitrogen and oxygen atoms in total. The second-order valence-corrected chi connectivity index (χ2v) is 9.07. The van der Waals surface area contributed by atoms with Gasteiger partial charge in [-0.2, -0.15) is 0 Å². The maximum Gasteiger partial charge on any atom is 0.343 e. The van der Waals surface area contributed by atoms with Crippen molar-refractivity contribution >= 4 is 40.1 Å². The molecule has 3 aromatic heterocycles. The lowest BCUT2D eigenvalue weighted by atomic mass is 9.99. The lowest BCUT2D eigenvalue weighted by molar-refractivity contribution is 0.0524. The molecule has 1 aromatic carbocycles. The first-order valence-corrected chi connectivity index (χ1v) is 13.1. The molecule has 0 atom stereocenters. The molecule has 0 radical (unpaired) electrons. The Morgan fingerprint density at radius 3 is 2.59 bits per heavy atom. The van der Waals surface area contributed by atoms with Gasteiger partial charge in [0.25, 0.3) is 0 Å². The minimum atomic E-state index is -0.627. The number of amides is 2. The topological polar surface area (TPSA) is 115 Å². The van der Waals surface area contributed by atoms with Crippen molar-refractivity contribution in [2.45, 2.75) is 40.7 Å². The number of thiazole rings is 1. The first-order valence-electron chi connectivity index (χ1n) is 12.2. The van der Waals surface area contributed by atoms with Gasteiger partial charge in [0, 0.05) is 47.4 Å². The van der Waals surface area contributed by atoms with Crippen molar-refractivity contribution in [1.29, 1.82) is 0 Å². The van der Waals surface area contributed by atoms with E-state index in [9.17, 15) is 14.4 Å². The van der Waals surface area contributed by atoms with Crippen LogP contribution in [0.25, 0.3) is 32.6 Å². The number of aromatic nitrogens is 3. The van der Waals surface area contributed by atoms with Crippen LogP contribution in [0.3, 0.4) is 0 Å². The Hall–Kier alpha value is -4.05. The fourth-order valence-corrected chi connectivity index (χ4v) is 4.95. The summed E-state index contributed by atoms with van der Waals surface area (Å²) in [5.41, 5.74) is 3.79. The molecule has 2 N–H and O–H groups in total. The largest absolute Gasteiger partial charge is 0.462 e. The van der Waals surface area contributed by atoms with E-state index in [0.717, 1.165) is 33.8 Å². The van der Waals surface area contributed by atoms with Crippen LogP contribution in [0.5, 0.6) is 0 Å². The third-order valence-corrected chi connectivity index (χ3v) is 6.78. The summed E-state index contributed by atoms with van der Waals surface area (Å²) in [5, 5.41) is 8.72. The summed E-state index contributed by atoms with van der Waals surface area (Å²) in [5.74, 6) is -0.221. The molecule has 3 heterocycles. The number of aryl methyl sites for hydroxylation is 2. The average Bonchev–Trinajstić information content (AvgIpc) is 3.38. The summed E-state index contributed by atoms with van der Waals surface area (Å²) in [6.07, 6.45) is 4.06. The van der Waals surface area contributed by atoms with E-state index in [2.05, 4.69) is 15.6 Å². The monoisotopic (exact) mass is 519 g/mol. The van der Waals surface area contributed by atoms with Crippen LogP contribution in [0.15, 0.2) is 46.8 Å². The summed E-state index contributed by atoms with van der Waals surface area (Å²) in [7, 11) is 0. The Labute approximate surface area is 218 Å². The van der Waals surface area contributed by atoms with Crippen LogP contribution in [0.4, 0.5) is 10.6 Å². The summed E-state index contributed by atoms with van der Waals surface area (Å²) < 4.78 is 6.94. The molecule has 0 spiro atoms. The second kappa shape index (κ2) is 11.3. The molecule has 2 amide bonds. The van der Waals surface area contributed by atoms with Crippen molar-refractivity contribution in [3.63, 3.8) is 0 Å². The van der Waals surface area contributed by atoms with Gasteiger partial charge in [-0.3, -0.25) is 10.1 Å². The Kier molecular flexibility index (Phi) is 7.98. The van der Waals surface area contributed by atoms with E-state index in [0.29, 0.717) is 29.8 Å². The summed E-state index contributed by atoms with van der Waals surface area (Å²) in [4.78, 5) is 46.8. The van der Waals surface area contributed by atoms with Crippen LogP contribution in [-0.2, 0) is 17.7 Å². The third-order valence-electron chi connectivity index (χ3n) is 5.86. The molecule has 0 aliphatic rings. The Balaban J connectivity index is 1.87. The minimum absolute atomic E-state index is 0.0157. The van der Waals surface area contributed by atoms with E-state index < -0.39 is 5.97 Å². The van der Waals surface area contributed by atoms with E-state index in [1.54, 1.807) is 25.4 Å². The van der Waals surface area contributed by atoms with Gasteiger partial charge >= 0.3 is 12.0 Å². The highest BCUT2D eigenvalue weighted by Crippen LogP contribution is 2.36. The van der Waals surface area contributed by atoms with Crippen LogP contribution < -0.4 is 16.1 Å². The predicted molar refractivity (Wildman–Crippen MR) is 146 cm³/mol. The summed E-state index contributed by atoms with van der Waals surface area (Å²) >= 11 is 1.52. The molecule has 0 fully saturated rings. The number of nitrogens with zero attached hydrogens (tertiary/aromatic N) is 3. The van der Waals surface area contributed by atoms with Gasteiger partial charge in [0.1, 0.15) is 16.4 Å². The van der Waals surface area contributed by atoms with Crippen molar-refractivity contribution in [3.8, 4) is 21.7 Å². The summed E-state index contributed by atoms with van der Waals surface area (Å²) in [6, 6.07) is 6.96. The third kappa shape index (κ3) is 5.39. The van der Waals surface area contributed by atoms with Crippen molar-refractivity contribution in [2.75, 3.05) is 18.5 Å². The molecule has 4 rings (SSSR count). The van der Waals surface area contributed by atoms with E-state index in [1.165, 1.54) is 11.3 Å². The van der Waals surface area contributed by atoms with Crippen molar-refractivity contribution in [2.24, 2.45) is 0 Å². The van der Waals surface area contributed by atoms with Gasteiger partial charge in [-0.25, -0.2) is 19.6 Å². The fourth-order valence-electron chi connectivity index (χ4n) is 4.02. The van der Waals surface area contributed by atoms with Gasteiger partial charge in [0.05, 0.1) is 17.8 Å². The number of rotatable bonds is 8. The lowest BCUT2D eigenvalue weighted by Crippen LogP contribution is -2.28. The molecule has 37 heavy (non-hydrogen) atoms. The molecule has 0 saturated carbocycles. The van der Waals surface area contributed by atoms with Crippen LogP contribution in [0, 0.1) is 0 Å². The number of urea groups is 1. The summed E-state index contributed by atoms with van der Waals surface area (Å²) in [6.45, 7) is 8.79. The molecule has 10 heteroatoms. The predicted octanol–water partition coefficient (Wildman–Crippen LogP) is 5.09. The van der Waals surface area contributed by atoms with Crippen LogP contribution >= 0.6 is 11.3 Å². The zero-order valence-electron chi connectivity index (χ0n) is 21.3. The van der Waals surface area contributed by atoms with Crippen LogP contribution in [0.2, 0.25) is 0 Å². The van der Waals surface area contributed by atoms with E-state index >= 15 is 0 Å². The molecule has 0 unspecified atom stereocenters. The van der Waals surface area contributed by atoms with Crippen molar-refractivity contribution < 1.29 is 14.3 Å². The molecular formula is C27H29N5O4S. The molecule has 192 valence electrons. The number of esters is 1. The van der Waals surface area contributed by atoms with E-state index in [4.69, 9.17) is 9.72 Å². The zero-order valence-corrected chi connectivity index (χ0v) is 22.1. The van der Waals surface area contributed by atoms with Gasteiger partial charge in [-0.05, 0) is 51.0 Å². The molecule has 0 saturated heterocycles. The Bertz CT molecular complexity index is 1530. The number of hydrogen-bond acceptors (Lipinski definition) is 7. The molecular weight excluding hydrogens is 490 g/mol. The molecule has 0 bridgehead atoms. The Morgan fingerprint density at radius 2 is 1.92 bits per heavy atom. The van der Waals surface area contributed by atoms with Crippen LogP contribution in [0.1, 0.15) is 43.7 Å². The maximum atomic E-state index is 13.1. The highest BCUT2D eigenvalue weighted by Gasteiger charge is 2.19. The number of fused-ring (bicyclic) bond motifs is 1. The van der Waals surface area contributed by atoms with E-state index in [-0.39, 0.29) is 23.6 Å². The van der Waals surface area contributed by atoms with Gasteiger partial charge in [-0.15, -0.1) is 11.3 Å². The van der Waals surface area contributed by atoms with Gasteiger partial charge in [-0.1, -0.05) is 13.0 Å². The average molecular weight is 520 g/mol. The molecule has 4 aromatic rings. The number of carbonyl (C=O) groups excluding carboxylic acids is 2. The fraction of sp³-hybridized carbons (Fsp3) is 0.296.